The van der Waals surface area contributed by atoms with E-state index < -0.39 is 11.4 Å². The van der Waals surface area contributed by atoms with Crippen LogP contribution in [0.4, 0.5) is 0 Å². The Morgan fingerprint density at radius 3 is 2.50 bits per heavy atom. The highest BCUT2D eigenvalue weighted by Gasteiger charge is 2.46. The number of aliphatic carboxylic acids is 1. The van der Waals surface area contributed by atoms with Gasteiger partial charge in [-0.25, -0.2) is 0 Å². The van der Waals surface area contributed by atoms with Crippen LogP contribution in [0.5, 0.6) is 0 Å². The van der Waals surface area contributed by atoms with Gasteiger partial charge < -0.3 is 5.11 Å². The Balaban J connectivity index is 2.97. The lowest BCUT2D eigenvalue weighted by Crippen LogP contribution is -2.41. The lowest BCUT2D eigenvalue weighted by molar-refractivity contribution is -0.156. The van der Waals surface area contributed by atoms with Crippen LogP contribution >= 0.6 is 0 Å². The van der Waals surface area contributed by atoms with Gasteiger partial charge in [-0.3, -0.25) is 4.79 Å². The van der Waals surface area contributed by atoms with Crippen LogP contribution < -0.4 is 0 Å². The molecule has 2 heteroatoms. The summed E-state index contributed by atoms with van der Waals surface area (Å²) in [7, 11) is 0. The minimum atomic E-state index is -0.582. The second-order valence-corrected chi connectivity index (χ2v) is 5.00. The van der Waals surface area contributed by atoms with Crippen molar-refractivity contribution in [2.75, 3.05) is 0 Å². The first-order valence-electron chi connectivity index (χ1n) is 5.75. The van der Waals surface area contributed by atoms with Crippen LogP contribution in [0.25, 0.3) is 0 Å². The van der Waals surface area contributed by atoms with Crippen molar-refractivity contribution in [3.8, 4) is 0 Å². The van der Waals surface area contributed by atoms with Gasteiger partial charge >= 0.3 is 5.97 Å². The van der Waals surface area contributed by atoms with Crippen molar-refractivity contribution in [2.45, 2.75) is 52.9 Å². The number of carboxylic acids is 1. The van der Waals surface area contributed by atoms with Gasteiger partial charge in [0.05, 0.1) is 5.41 Å². The largest absolute Gasteiger partial charge is 0.481 e. The first kappa shape index (κ1) is 11.5. The number of carboxylic acid groups (broad SMARTS) is 1. The Kier molecular flexibility index (Phi) is 3.57. The molecule has 0 heterocycles. The van der Waals surface area contributed by atoms with Gasteiger partial charge in [0.1, 0.15) is 0 Å². The molecule has 1 fully saturated rings. The molecular weight excluding hydrogens is 176 g/mol. The summed E-state index contributed by atoms with van der Waals surface area (Å²) in [6, 6.07) is 0. The molecule has 14 heavy (non-hydrogen) atoms. The van der Waals surface area contributed by atoms with Crippen LogP contribution in [-0.2, 0) is 4.79 Å². The Bertz CT molecular complexity index is 210. The Hall–Kier alpha value is -0.530. The van der Waals surface area contributed by atoms with Crippen LogP contribution in [0.2, 0.25) is 0 Å². The Morgan fingerprint density at radius 2 is 2.00 bits per heavy atom. The van der Waals surface area contributed by atoms with E-state index in [9.17, 15) is 9.90 Å². The minimum Gasteiger partial charge on any atom is -0.481 e. The van der Waals surface area contributed by atoms with E-state index in [4.69, 9.17) is 0 Å². The monoisotopic (exact) mass is 198 g/mol. The fourth-order valence-electron chi connectivity index (χ4n) is 2.97. The van der Waals surface area contributed by atoms with E-state index in [1.807, 2.05) is 0 Å². The molecule has 0 saturated heterocycles. The molecule has 0 radical (unpaired) electrons. The molecule has 0 aromatic carbocycles. The molecule has 82 valence electrons. The van der Waals surface area contributed by atoms with Gasteiger partial charge in [-0.15, -0.1) is 0 Å². The quantitative estimate of drug-likeness (QED) is 0.691. The third-order valence-corrected chi connectivity index (χ3v) is 4.04. The molecule has 1 N–H and O–H groups in total. The predicted molar refractivity (Wildman–Crippen MR) is 57.2 cm³/mol. The average molecular weight is 198 g/mol. The summed E-state index contributed by atoms with van der Waals surface area (Å²) >= 11 is 0. The molecule has 2 atom stereocenters. The highest BCUT2D eigenvalue weighted by molar-refractivity contribution is 5.75. The first-order valence-corrected chi connectivity index (χ1v) is 5.75. The molecule has 0 spiro atoms. The number of hydrogen-bond acceptors (Lipinski definition) is 1. The molecule has 0 aromatic rings. The number of rotatable bonds is 2. The molecule has 1 aliphatic rings. The summed E-state index contributed by atoms with van der Waals surface area (Å²) in [4.78, 5) is 11.5. The lowest BCUT2D eigenvalue weighted by atomic mass is 9.65. The summed E-state index contributed by atoms with van der Waals surface area (Å²) in [5.74, 6) is -0.0162. The van der Waals surface area contributed by atoms with Gasteiger partial charge in [-0.1, -0.05) is 40.0 Å². The Morgan fingerprint density at radius 1 is 1.36 bits per heavy atom. The van der Waals surface area contributed by atoms with Gasteiger partial charge in [-0.2, -0.15) is 0 Å². The zero-order chi connectivity index (χ0) is 10.8. The van der Waals surface area contributed by atoms with E-state index in [0.717, 1.165) is 19.3 Å². The first-order chi connectivity index (χ1) is 6.51. The molecule has 0 aliphatic heterocycles. The van der Waals surface area contributed by atoms with Gasteiger partial charge in [0.25, 0.3) is 0 Å². The van der Waals surface area contributed by atoms with Gasteiger partial charge in [0, 0.05) is 0 Å². The molecule has 2 nitrogen and oxygen atoms in total. The summed E-state index contributed by atoms with van der Waals surface area (Å²) in [5.41, 5.74) is -0.462. The summed E-state index contributed by atoms with van der Waals surface area (Å²) in [5, 5.41) is 9.45. The van der Waals surface area contributed by atoms with Crippen LogP contribution in [-0.4, -0.2) is 11.1 Å². The highest BCUT2D eigenvalue weighted by Crippen LogP contribution is 2.45. The van der Waals surface area contributed by atoms with Crippen molar-refractivity contribution >= 4 is 5.97 Å². The smallest absolute Gasteiger partial charge is 0.310 e. The SMILES string of the molecule is CC(C)C1(C(=O)O)CCCCCC1C. The van der Waals surface area contributed by atoms with Gasteiger partial charge in [0.2, 0.25) is 0 Å². The minimum absolute atomic E-state index is 0.244. The Labute approximate surface area is 86.7 Å². The molecule has 2 unspecified atom stereocenters. The van der Waals surface area contributed by atoms with Crippen LogP contribution in [0.3, 0.4) is 0 Å². The zero-order valence-corrected chi connectivity index (χ0v) is 9.55. The van der Waals surface area contributed by atoms with E-state index in [1.165, 1.54) is 12.8 Å². The summed E-state index contributed by atoms with van der Waals surface area (Å²) < 4.78 is 0. The molecule has 1 aliphatic carbocycles. The predicted octanol–water partition coefficient (Wildman–Crippen LogP) is 3.31. The van der Waals surface area contributed by atoms with Crippen molar-refractivity contribution < 1.29 is 9.90 Å². The zero-order valence-electron chi connectivity index (χ0n) is 9.55. The fraction of sp³-hybridized carbons (Fsp3) is 0.917. The van der Waals surface area contributed by atoms with Crippen molar-refractivity contribution in [3.05, 3.63) is 0 Å². The van der Waals surface area contributed by atoms with Crippen molar-refractivity contribution in [3.63, 3.8) is 0 Å². The van der Waals surface area contributed by atoms with E-state index in [1.54, 1.807) is 0 Å². The van der Waals surface area contributed by atoms with E-state index >= 15 is 0 Å². The fourth-order valence-corrected chi connectivity index (χ4v) is 2.97. The van der Waals surface area contributed by atoms with E-state index in [-0.39, 0.29) is 5.92 Å². The topological polar surface area (TPSA) is 37.3 Å². The normalized spacial score (nSPS) is 34.1. The third-order valence-electron chi connectivity index (χ3n) is 4.04. The number of hydrogen-bond donors (Lipinski definition) is 1. The molecule has 0 amide bonds. The average Bonchev–Trinajstić information content (AvgIpc) is 2.27. The van der Waals surface area contributed by atoms with Crippen LogP contribution in [0, 0.1) is 17.3 Å². The maximum absolute atomic E-state index is 11.5. The van der Waals surface area contributed by atoms with Crippen molar-refractivity contribution in [1.29, 1.82) is 0 Å². The summed E-state index contributed by atoms with van der Waals surface area (Å²) in [6.07, 6.45) is 5.41. The summed E-state index contributed by atoms with van der Waals surface area (Å²) in [6.45, 7) is 6.21. The highest BCUT2D eigenvalue weighted by atomic mass is 16.4. The molecule has 0 aromatic heterocycles. The van der Waals surface area contributed by atoms with Crippen molar-refractivity contribution in [2.24, 2.45) is 17.3 Å². The van der Waals surface area contributed by atoms with Crippen LogP contribution in [0.15, 0.2) is 0 Å². The van der Waals surface area contributed by atoms with Crippen molar-refractivity contribution in [1.82, 2.24) is 0 Å². The standard InChI is InChI=1S/C12H22O2/c1-9(2)12(11(13)14)8-6-4-5-7-10(12)3/h9-10H,4-8H2,1-3H3,(H,13,14). The van der Waals surface area contributed by atoms with Gasteiger partial charge in [-0.05, 0) is 24.7 Å². The molecule has 1 rings (SSSR count). The second-order valence-electron chi connectivity index (χ2n) is 5.00. The molecule has 1 saturated carbocycles. The molecular formula is C12H22O2. The maximum Gasteiger partial charge on any atom is 0.310 e. The van der Waals surface area contributed by atoms with E-state index in [2.05, 4.69) is 20.8 Å². The number of carbonyl (C=O) groups is 1. The second kappa shape index (κ2) is 4.33. The van der Waals surface area contributed by atoms with E-state index in [0.29, 0.717) is 5.92 Å². The lowest BCUT2D eigenvalue weighted by Gasteiger charge is -2.37. The molecule has 0 bridgehead atoms. The van der Waals surface area contributed by atoms with Crippen LogP contribution in [0.1, 0.15) is 52.9 Å². The maximum atomic E-state index is 11.5. The third kappa shape index (κ3) is 1.79. The van der Waals surface area contributed by atoms with Gasteiger partial charge in [0.15, 0.2) is 0 Å².